The van der Waals surface area contributed by atoms with Gasteiger partial charge in [0.15, 0.2) is 0 Å². The van der Waals surface area contributed by atoms with Crippen LogP contribution < -0.4 is 0 Å². The molecule has 0 N–H and O–H groups in total. The van der Waals surface area contributed by atoms with Crippen LogP contribution >= 0.6 is 0 Å². The van der Waals surface area contributed by atoms with Gasteiger partial charge in [-0.05, 0) is 30.8 Å². The van der Waals surface area contributed by atoms with Crippen molar-refractivity contribution in [3.63, 3.8) is 0 Å². The van der Waals surface area contributed by atoms with Gasteiger partial charge in [0.2, 0.25) is 0 Å². The summed E-state index contributed by atoms with van der Waals surface area (Å²) in [7, 11) is 0. The molecule has 0 spiro atoms. The maximum atomic E-state index is 2.41. The average Bonchev–Trinajstić information content (AvgIpc) is 2.20. The minimum atomic E-state index is 0.355. The second-order valence-electron chi connectivity index (χ2n) is 5.38. The highest BCUT2D eigenvalue weighted by Gasteiger charge is 2.19. The first kappa shape index (κ1) is 10.5. The Labute approximate surface area is 93.1 Å². The zero-order valence-electron chi connectivity index (χ0n) is 9.96. The van der Waals surface area contributed by atoms with E-state index >= 15 is 0 Å². The fourth-order valence-corrected chi connectivity index (χ4v) is 2.09. The number of hydrogen-bond acceptors (Lipinski definition) is 0. The summed E-state index contributed by atoms with van der Waals surface area (Å²) < 4.78 is 0. The van der Waals surface area contributed by atoms with E-state index in [-0.39, 0.29) is 0 Å². The van der Waals surface area contributed by atoms with Gasteiger partial charge in [-0.15, -0.1) is 0 Å². The predicted octanol–water partition coefficient (Wildman–Crippen LogP) is 4.42. The predicted molar refractivity (Wildman–Crippen MR) is 66.6 cm³/mol. The second kappa shape index (κ2) is 3.84. The van der Waals surface area contributed by atoms with E-state index in [4.69, 9.17) is 0 Å². The van der Waals surface area contributed by atoms with Crippen molar-refractivity contribution >= 4 is 0 Å². The fourth-order valence-electron chi connectivity index (χ4n) is 2.09. The highest BCUT2D eigenvalue weighted by molar-refractivity contribution is 5.35. The van der Waals surface area contributed by atoms with Gasteiger partial charge in [0.1, 0.15) is 0 Å². The molecule has 2 aliphatic rings. The molecule has 2 rings (SSSR count). The molecule has 1 unspecified atom stereocenters. The van der Waals surface area contributed by atoms with Crippen molar-refractivity contribution in [2.45, 2.75) is 33.6 Å². The van der Waals surface area contributed by atoms with E-state index in [2.05, 4.69) is 57.2 Å². The van der Waals surface area contributed by atoms with E-state index in [1.807, 2.05) is 0 Å². The minimum absolute atomic E-state index is 0.355. The molecule has 15 heavy (non-hydrogen) atoms. The van der Waals surface area contributed by atoms with Gasteiger partial charge < -0.3 is 0 Å². The first-order chi connectivity index (χ1) is 7.07. The number of allylic oxidation sites excluding steroid dienone is 8. The maximum absolute atomic E-state index is 2.41. The maximum Gasteiger partial charge on any atom is 0.00526 e. The molecule has 1 atom stereocenters. The van der Waals surface area contributed by atoms with E-state index in [0.29, 0.717) is 11.3 Å². The minimum Gasteiger partial charge on any atom is -0.0807 e. The van der Waals surface area contributed by atoms with Gasteiger partial charge in [-0.3, -0.25) is 0 Å². The monoisotopic (exact) mass is 200 g/mol. The van der Waals surface area contributed by atoms with Crippen molar-refractivity contribution < 1.29 is 0 Å². The van der Waals surface area contributed by atoms with Crippen molar-refractivity contribution in [2.24, 2.45) is 11.3 Å². The zero-order chi connectivity index (χ0) is 10.9. The second-order valence-corrected chi connectivity index (χ2v) is 5.38. The molecular weight excluding hydrogens is 180 g/mol. The lowest BCUT2D eigenvalue weighted by atomic mass is 9.79. The molecule has 0 aromatic rings. The molecule has 0 fully saturated rings. The van der Waals surface area contributed by atoms with E-state index < -0.39 is 0 Å². The van der Waals surface area contributed by atoms with Crippen LogP contribution in [0.25, 0.3) is 0 Å². The van der Waals surface area contributed by atoms with Gasteiger partial charge in [-0.2, -0.15) is 0 Å². The van der Waals surface area contributed by atoms with E-state index in [9.17, 15) is 0 Å². The summed E-state index contributed by atoms with van der Waals surface area (Å²) in [6.45, 7) is 6.75. The molecule has 0 amide bonds. The van der Waals surface area contributed by atoms with Crippen molar-refractivity contribution in [2.75, 3.05) is 0 Å². The molecule has 0 heteroatoms. The summed E-state index contributed by atoms with van der Waals surface area (Å²) >= 11 is 0. The van der Waals surface area contributed by atoms with Crippen LogP contribution in [0.15, 0.2) is 47.6 Å². The molecule has 0 saturated heterocycles. The van der Waals surface area contributed by atoms with Gasteiger partial charge in [-0.25, -0.2) is 0 Å². The summed E-state index contributed by atoms with van der Waals surface area (Å²) in [6, 6.07) is 0. The Morgan fingerprint density at radius 2 is 2.00 bits per heavy atom. The van der Waals surface area contributed by atoms with Gasteiger partial charge in [0.05, 0.1) is 0 Å². The standard InChI is InChI=1S/C15H20/c1-12-4-6-13(7-5-12)14-8-10-15(2,3)11-9-14/h4-6,8-10,13H,7,11H2,1-3H3. The highest BCUT2D eigenvalue weighted by atomic mass is 14.2. The smallest absolute Gasteiger partial charge is 0.00526 e. The van der Waals surface area contributed by atoms with Crippen molar-refractivity contribution in [1.29, 1.82) is 0 Å². The Morgan fingerprint density at radius 3 is 2.53 bits per heavy atom. The van der Waals surface area contributed by atoms with Gasteiger partial charge >= 0.3 is 0 Å². The van der Waals surface area contributed by atoms with Crippen LogP contribution in [-0.2, 0) is 0 Å². The molecular formula is C15H20. The van der Waals surface area contributed by atoms with Gasteiger partial charge in [-0.1, -0.05) is 55.9 Å². The normalized spacial score (nSPS) is 28.6. The molecule has 80 valence electrons. The number of rotatable bonds is 1. The van der Waals surface area contributed by atoms with Crippen LogP contribution in [0, 0.1) is 11.3 Å². The first-order valence-electron chi connectivity index (χ1n) is 5.81. The molecule has 2 aliphatic carbocycles. The molecule has 0 saturated carbocycles. The van der Waals surface area contributed by atoms with Gasteiger partial charge in [0, 0.05) is 5.92 Å². The first-order valence-corrected chi connectivity index (χ1v) is 5.81. The summed E-state index contributed by atoms with van der Waals surface area (Å²) in [5, 5.41) is 0. The quantitative estimate of drug-likeness (QED) is 0.587. The van der Waals surface area contributed by atoms with Crippen molar-refractivity contribution in [3.05, 3.63) is 47.6 Å². The summed E-state index contributed by atoms with van der Waals surface area (Å²) in [5.74, 6) is 0.612. The lowest BCUT2D eigenvalue weighted by Crippen LogP contribution is -2.12. The topological polar surface area (TPSA) is 0 Å². The molecule has 0 bridgehead atoms. The summed E-state index contributed by atoms with van der Waals surface area (Å²) in [4.78, 5) is 0. The molecule has 0 aromatic carbocycles. The van der Waals surface area contributed by atoms with E-state index in [0.717, 1.165) is 0 Å². The van der Waals surface area contributed by atoms with Crippen LogP contribution in [0.4, 0.5) is 0 Å². The SMILES string of the molecule is CC1=CCC(C2=CCC(C)(C)C=C2)C=C1. The Morgan fingerprint density at radius 1 is 1.20 bits per heavy atom. The average molecular weight is 200 g/mol. The lowest BCUT2D eigenvalue weighted by Gasteiger charge is -2.26. The Bertz CT molecular complexity index is 361. The fraction of sp³-hybridized carbons (Fsp3) is 0.467. The molecule has 0 heterocycles. The molecule has 0 nitrogen and oxygen atoms in total. The Hall–Kier alpha value is -1.04. The number of hydrogen-bond donors (Lipinski definition) is 0. The Balaban J connectivity index is 2.07. The van der Waals surface area contributed by atoms with Crippen molar-refractivity contribution in [1.82, 2.24) is 0 Å². The third-order valence-corrected chi connectivity index (χ3v) is 3.30. The molecule has 0 radical (unpaired) electrons. The van der Waals surface area contributed by atoms with Crippen LogP contribution in [0.5, 0.6) is 0 Å². The third kappa shape index (κ3) is 2.50. The third-order valence-electron chi connectivity index (χ3n) is 3.30. The van der Waals surface area contributed by atoms with Crippen LogP contribution in [0.2, 0.25) is 0 Å². The largest absolute Gasteiger partial charge is 0.0807 e. The summed E-state index contributed by atoms with van der Waals surface area (Å²) in [5.41, 5.74) is 3.24. The highest BCUT2D eigenvalue weighted by Crippen LogP contribution is 2.33. The van der Waals surface area contributed by atoms with E-state index in [1.165, 1.54) is 24.0 Å². The lowest BCUT2D eigenvalue weighted by molar-refractivity contribution is 0.478. The van der Waals surface area contributed by atoms with E-state index in [1.54, 1.807) is 0 Å². The van der Waals surface area contributed by atoms with Gasteiger partial charge in [0.25, 0.3) is 0 Å². The molecule has 0 aliphatic heterocycles. The Kier molecular flexibility index (Phi) is 2.68. The summed E-state index contributed by atoms with van der Waals surface area (Å²) in [6.07, 6.45) is 16.3. The zero-order valence-corrected chi connectivity index (χ0v) is 9.96. The van der Waals surface area contributed by atoms with Crippen LogP contribution in [0.3, 0.4) is 0 Å². The van der Waals surface area contributed by atoms with Crippen molar-refractivity contribution in [3.8, 4) is 0 Å². The van der Waals surface area contributed by atoms with Crippen LogP contribution in [-0.4, -0.2) is 0 Å². The molecule has 0 aromatic heterocycles. The van der Waals surface area contributed by atoms with Crippen LogP contribution in [0.1, 0.15) is 33.6 Å².